The number of tetrazole rings is 1. The fraction of sp³-hybridized carbons (Fsp3) is 0.444. The number of hydrogen-bond donors (Lipinski definition) is 1. The second kappa shape index (κ2) is 11.9. The molecule has 196 valence electrons. The van der Waals surface area contributed by atoms with E-state index in [1.807, 2.05) is 44.2 Å². The quantitative estimate of drug-likeness (QED) is 0.435. The first kappa shape index (κ1) is 26.1. The molecule has 0 saturated heterocycles. The highest BCUT2D eigenvalue weighted by Gasteiger charge is 2.34. The maximum absolute atomic E-state index is 13.4. The first-order valence-electron chi connectivity index (χ1n) is 12.6. The van der Waals surface area contributed by atoms with Crippen molar-refractivity contribution in [2.75, 3.05) is 13.7 Å². The number of ether oxygens (including phenoxy) is 3. The highest BCUT2D eigenvalue weighted by molar-refractivity contribution is 5.95. The van der Waals surface area contributed by atoms with Crippen LogP contribution in [-0.2, 0) is 16.1 Å². The zero-order chi connectivity index (χ0) is 26.4. The lowest BCUT2D eigenvalue weighted by Gasteiger charge is -2.36. The lowest BCUT2D eigenvalue weighted by molar-refractivity contribution is -0.148. The molecule has 1 aliphatic carbocycles. The predicted octanol–water partition coefficient (Wildman–Crippen LogP) is 3.77. The van der Waals surface area contributed by atoms with Crippen LogP contribution in [0.1, 0.15) is 61.9 Å². The number of benzene rings is 2. The van der Waals surface area contributed by atoms with Crippen LogP contribution in [0, 0.1) is 0 Å². The number of methoxy groups -OCH3 is 1. The molecule has 0 unspecified atom stereocenters. The molecule has 10 heteroatoms. The third-order valence-electron chi connectivity index (χ3n) is 6.49. The average molecular weight is 508 g/mol. The van der Waals surface area contributed by atoms with Crippen molar-refractivity contribution in [2.24, 2.45) is 0 Å². The minimum atomic E-state index is -0.304. The zero-order valence-corrected chi connectivity index (χ0v) is 21.6. The number of aromatic nitrogens is 4. The van der Waals surface area contributed by atoms with Crippen LogP contribution in [0.5, 0.6) is 11.5 Å². The molecule has 3 aromatic rings. The molecule has 2 aromatic carbocycles. The molecule has 0 spiro atoms. The molecule has 0 aliphatic heterocycles. The molecule has 3 atom stereocenters. The first-order valence-corrected chi connectivity index (χ1v) is 12.6. The smallest absolute Gasteiger partial charge is 0.302 e. The van der Waals surface area contributed by atoms with Crippen molar-refractivity contribution < 1.29 is 23.8 Å². The maximum Gasteiger partial charge on any atom is 0.302 e. The summed E-state index contributed by atoms with van der Waals surface area (Å²) in [5.41, 5.74) is 2.22. The number of rotatable bonds is 9. The van der Waals surface area contributed by atoms with Gasteiger partial charge in [-0.2, -0.15) is 4.80 Å². The van der Waals surface area contributed by atoms with E-state index in [1.165, 1.54) is 11.7 Å². The van der Waals surface area contributed by atoms with E-state index in [9.17, 15) is 9.59 Å². The Morgan fingerprint density at radius 2 is 1.95 bits per heavy atom. The van der Waals surface area contributed by atoms with E-state index in [0.29, 0.717) is 55.3 Å². The number of carbonyl (C=O) groups is 2. The average Bonchev–Trinajstić information content (AvgIpc) is 3.39. The van der Waals surface area contributed by atoms with Crippen molar-refractivity contribution >= 4 is 11.9 Å². The number of esters is 1. The zero-order valence-electron chi connectivity index (χ0n) is 21.6. The van der Waals surface area contributed by atoms with E-state index in [1.54, 1.807) is 19.2 Å². The summed E-state index contributed by atoms with van der Waals surface area (Å²) in [5.74, 6) is 1.18. The molecule has 37 heavy (non-hydrogen) atoms. The Labute approximate surface area is 216 Å². The van der Waals surface area contributed by atoms with E-state index in [0.717, 1.165) is 11.1 Å². The van der Waals surface area contributed by atoms with Crippen molar-refractivity contribution in [3.8, 4) is 22.9 Å². The molecule has 1 fully saturated rings. The fourth-order valence-electron chi connectivity index (χ4n) is 4.75. The van der Waals surface area contributed by atoms with Gasteiger partial charge in [-0.1, -0.05) is 18.2 Å². The lowest BCUT2D eigenvalue weighted by Crippen LogP contribution is -2.44. The third kappa shape index (κ3) is 6.25. The van der Waals surface area contributed by atoms with Crippen LogP contribution in [0.25, 0.3) is 11.4 Å². The summed E-state index contributed by atoms with van der Waals surface area (Å²) in [6.07, 6.45) is 1.70. The first-order chi connectivity index (χ1) is 17.9. The second-order valence-electron chi connectivity index (χ2n) is 8.96. The van der Waals surface area contributed by atoms with Crippen molar-refractivity contribution in [3.63, 3.8) is 0 Å². The van der Waals surface area contributed by atoms with Crippen LogP contribution in [0.3, 0.4) is 0 Å². The van der Waals surface area contributed by atoms with E-state index in [-0.39, 0.29) is 29.9 Å². The normalized spacial score (nSPS) is 19.2. The van der Waals surface area contributed by atoms with E-state index < -0.39 is 0 Å². The highest BCUT2D eigenvalue weighted by atomic mass is 16.5. The van der Waals surface area contributed by atoms with Gasteiger partial charge < -0.3 is 19.5 Å². The van der Waals surface area contributed by atoms with Gasteiger partial charge in [-0.15, -0.1) is 10.2 Å². The van der Waals surface area contributed by atoms with E-state index in [2.05, 4.69) is 20.7 Å². The van der Waals surface area contributed by atoms with Gasteiger partial charge in [-0.25, -0.2) is 0 Å². The Hall–Kier alpha value is -3.95. The molecule has 1 saturated carbocycles. The van der Waals surface area contributed by atoms with Crippen LogP contribution in [-0.4, -0.2) is 57.9 Å². The summed E-state index contributed by atoms with van der Waals surface area (Å²) in [6.45, 7) is 6.38. The summed E-state index contributed by atoms with van der Waals surface area (Å²) in [5, 5.41) is 15.6. The van der Waals surface area contributed by atoms with Gasteiger partial charge in [0.05, 0.1) is 20.3 Å². The van der Waals surface area contributed by atoms with Crippen molar-refractivity contribution in [1.82, 2.24) is 25.5 Å². The number of nitrogens with one attached hydrogen (secondary N) is 1. The molecular formula is C27H33N5O5. The summed E-state index contributed by atoms with van der Waals surface area (Å²) in [4.78, 5) is 26.5. The number of hydrogen-bond acceptors (Lipinski definition) is 8. The van der Waals surface area contributed by atoms with Gasteiger partial charge in [0.15, 0.2) is 11.5 Å². The lowest BCUT2D eigenvalue weighted by atomic mass is 9.78. The van der Waals surface area contributed by atoms with Gasteiger partial charge in [-0.05, 0) is 68.2 Å². The number of carbonyl (C=O) groups excluding carboxylic acids is 2. The third-order valence-corrected chi connectivity index (χ3v) is 6.49. The standard InChI is InChI=1S/C27H33N5O5/c1-5-32-30-26(29-31-32)19-8-7-9-20(14-19)27(34)28-23-12-11-21(37-17(3)33)16-22(23)18-10-13-24(35-4)25(15-18)36-6-2/h7-10,13-15,21-23H,5-6,11-12,16H2,1-4H3,(H,28,34)/t21-,22-,23-/m1/s1. The maximum atomic E-state index is 13.4. The summed E-state index contributed by atoms with van der Waals surface area (Å²) >= 11 is 0. The molecule has 1 amide bonds. The minimum absolute atomic E-state index is 0.0820. The fourth-order valence-corrected chi connectivity index (χ4v) is 4.75. The van der Waals surface area contributed by atoms with Crippen LogP contribution >= 0.6 is 0 Å². The van der Waals surface area contributed by atoms with Crippen molar-refractivity contribution in [3.05, 3.63) is 53.6 Å². The Bertz CT molecular complexity index is 1240. The summed E-state index contributed by atoms with van der Waals surface area (Å²) in [6, 6.07) is 12.8. The summed E-state index contributed by atoms with van der Waals surface area (Å²) < 4.78 is 16.8. The van der Waals surface area contributed by atoms with E-state index >= 15 is 0 Å². The molecule has 10 nitrogen and oxygen atoms in total. The molecule has 0 radical (unpaired) electrons. The Morgan fingerprint density at radius 1 is 1.11 bits per heavy atom. The number of aryl methyl sites for hydroxylation is 1. The SMILES string of the molecule is CCOc1cc([C@H]2C[C@H](OC(C)=O)CC[C@H]2NC(=O)c2cccc(-c3nnn(CC)n3)c2)ccc1OC. The van der Waals surface area contributed by atoms with Crippen LogP contribution in [0.4, 0.5) is 0 Å². The summed E-state index contributed by atoms with van der Waals surface area (Å²) in [7, 11) is 1.60. The Kier molecular flexibility index (Phi) is 8.37. The topological polar surface area (TPSA) is 117 Å². The van der Waals surface area contributed by atoms with Gasteiger partial charge in [0.1, 0.15) is 6.10 Å². The van der Waals surface area contributed by atoms with Crippen LogP contribution in [0.2, 0.25) is 0 Å². The van der Waals surface area contributed by atoms with Gasteiger partial charge >= 0.3 is 5.97 Å². The molecule has 1 aromatic heterocycles. The second-order valence-corrected chi connectivity index (χ2v) is 8.96. The van der Waals surface area contributed by atoms with E-state index in [4.69, 9.17) is 14.2 Å². The monoisotopic (exact) mass is 507 g/mol. The van der Waals surface area contributed by atoms with Crippen LogP contribution in [0.15, 0.2) is 42.5 Å². The Morgan fingerprint density at radius 3 is 2.65 bits per heavy atom. The van der Waals surface area contributed by atoms with Gasteiger partial charge in [0.2, 0.25) is 5.82 Å². The van der Waals surface area contributed by atoms with Gasteiger partial charge in [-0.3, -0.25) is 9.59 Å². The Balaban J connectivity index is 1.58. The van der Waals surface area contributed by atoms with Crippen LogP contribution < -0.4 is 14.8 Å². The number of nitrogens with zero attached hydrogens (tertiary/aromatic N) is 4. The molecule has 1 heterocycles. The number of amides is 1. The molecule has 1 aliphatic rings. The molecule has 0 bridgehead atoms. The van der Waals surface area contributed by atoms with Crippen molar-refractivity contribution in [1.29, 1.82) is 0 Å². The predicted molar refractivity (Wildman–Crippen MR) is 136 cm³/mol. The largest absolute Gasteiger partial charge is 0.493 e. The molecule has 1 N–H and O–H groups in total. The molecule has 4 rings (SSSR count). The van der Waals surface area contributed by atoms with Gasteiger partial charge in [0, 0.05) is 30.0 Å². The minimum Gasteiger partial charge on any atom is -0.493 e. The van der Waals surface area contributed by atoms with Crippen molar-refractivity contribution in [2.45, 2.75) is 64.6 Å². The molecular weight excluding hydrogens is 474 g/mol. The van der Waals surface area contributed by atoms with Gasteiger partial charge in [0.25, 0.3) is 5.91 Å². The highest BCUT2D eigenvalue weighted by Crippen LogP contribution is 2.39.